The molecule has 1 N–H and O–H groups in total. The first-order chi connectivity index (χ1) is 10.2. The highest BCUT2D eigenvalue weighted by Crippen LogP contribution is 2.12. The van der Waals surface area contributed by atoms with Crippen molar-refractivity contribution in [3.8, 4) is 0 Å². The lowest BCUT2D eigenvalue weighted by molar-refractivity contribution is -0.184. The largest absolute Gasteiger partial charge is 0.481 e. The molecule has 5 nitrogen and oxygen atoms in total. The zero-order valence-electron chi connectivity index (χ0n) is 12.0. The van der Waals surface area contributed by atoms with Crippen LogP contribution in [0, 0.1) is 5.92 Å². The smallest absolute Gasteiger partial charge is 0.308 e. The van der Waals surface area contributed by atoms with Gasteiger partial charge in [-0.25, -0.2) is 5.06 Å². The summed E-state index contributed by atoms with van der Waals surface area (Å²) in [5, 5.41) is 10.2. The van der Waals surface area contributed by atoms with E-state index in [0.717, 1.165) is 23.5 Å². The normalized spacial score (nSPS) is 11.6. The van der Waals surface area contributed by atoms with E-state index in [2.05, 4.69) is 6.58 Å². The van der Waals surface area contributed by atoms with Crippen molar-refractivity contribution >= 4 is 12.4 Å². The summed E-state index contributed by atoms with van der Waals surface area (Å²) in [7, 11) is 0. The number of nitrogens with zero attached hydrogens (tertiary/aromatic N) is 1. The Morgan fingerprint density at radius 1 is 1.38 bits per heavy atom. The number of carboxylic acid groups (broad SMARTS) is 1. The molecule has 0 heterocycles. The summed E-state index contributed by atoms with van der Waals surface area (Å²) in [6.07, 6.45) is 4.25. The number of unbranched alkanes of at least 4 members (excludes halogenated alkanes) is 1. The summed E-state index contributed by atoms with van der Waals surface area (Å²) in [5.74, 6) is -1.56. The number of carbonyl (C=O) groups is 2. The third kappa shape index (κ3) is 6.72. The van der Waals surface area contributed by atoms with Gasteiger partial charge in [-0.05, 0) is 24.8 Å². The van der Waals surface area contributed by atoms with E-state index in [-0.39, 0.29) is 13.2 Å². The number of aliphatic carboxylic acids is 1. The lowest BCUT2D eigenvalue weighted by Crippen LogP contribution is -2.32. The van der Waals surface area contributed by atoms with Gasteiger partial charge in [0.25, 0.3) is 0 Å². The van der Waals surface area contributed by atoms with Gasteiger partial charge in [0.15, 0.2) is 0 Å². The van der Waals surface area contributed by atoms with Gasteiger partial charge in [0.1, 0.15) is 6.61 Å². The molecule has 21 heavy (non-hydrogen) atoms. The first-order valence-corrected chi connectivity index (χ1v) is 6.90. The SMILES string of the molecule is C=CCCCC(CN(C=O)OCc1ccccc1)C(=O)O. The lowest BCUT2D eigenvalue weighted by Gasteiger charge is -2.21. The predicted octanol–water partition coefficient (Wildman–Crippen LogP) is 2.63. The van der Waals surface area contributed by atoms with Gasteiger partial charge in [-0.1, -0.05) is 36.4 Å². The molecule has 0 bridgehead atoms. The molecule has 0 aliphatic heterocycles. The third-order valence-corrected chi connectivity index (χ3v) is 3.07. The van der Waals surface area contributed by atoms with Crippen molar-refractivity contribution < 1.29 is 19.5 Å². The standard InChI is InChI=1S/C16H21NO4/c1-2-3-5-10-15(16(19)20)11-17(13-18)21-12-14-8-6-4-7-9-14/h2,4,6-9,13,15H,1,3,5,10-12H2,(H,19,20). The molecule has 0 radical (unpaired) electrons. The molecule has 0 saturated heterocycles. The van der Waals surface area contributed by atoms with Gasteiger partial charge >= 0.3 is 5.97 Å². The van der Waals surface area contributed by atoms with Crippen LogP contribution in [0.4, 0.5) is 0 Å². The maximum Gasteiger partial charge on any atom is 0.308 e. The van der Waals surface area contributed by atoms with Gasteiger partial charge in [0.05, 0.1) is 12.5 Å². The minimum atomic E-state index is -0.922. The first-order valence-electron chi connectivity index (χ1n) is 6.90. The fourth-order valence-electron chi connectivity index (χ4n) is 1.88. The molecule has 1 aromatic rings. The molecule has 0 aliphatic rings. The Morgan fingerprint density at radius 3 is 2.67 bits per heavy atom. The van der Waals surface area contributed by atoms with Crippen molar-refractivity contribution in [2.45, 2.75) is 25.9 Å². The molecule has 1 rings (SSSR count). The van der Waals surface area contributed by atoms with Crippen LogP contribution in [0.2, 0.25) is 0 Å². The summed E-state index contributed by atoms with van der Waals surface area (Å²) in [4.78, 5) is 27.5. The molecule has 1 unspecified atom stereocenters. The number of benzene rings is 1. The fourth-order valence-corrected chi connectivity index (χ4v) is 1.88. The van der Waals surface area contributed by atoms with Gasteiger partial charge in [-0.2, -0.15) is 0 Å². The van der Waals surface area contributed by atoms with Crippen molar-refractivity contribution in [2.24, 2.45) is 5.92 Å². The van der Waals surface area contributed by atoms with Crippen molar-refractivity contribution in [1.82, 2.24) is 5.06 Å². The van der Waals surface area contributed by atoms with Crippen LogP contribution in [0.5, 0.6) is 0 Å². The quantitative estimate of drug-likeness (QED) is 0.294. The maximum atomic E-state index is 11.2. The highest BCUT2D eigenvalue weighted by atomic mass is 16.7. The Balaban J connectivity index is 2.47. The number of amides is 1. The number of carbonyl (C=O) groups excluding carboxylic acids is 1. The molecule has 1 amide bonds. The highest BCUT2D eigenvalue weighted by molar-refractivity contribution is 5.70. The molecular formula is C16H21NO4. The monoisotopic (exact) mass is 291 g/mol. The van der Waals surface area contributed by atoms with E-state index in [1.165, 1.54) is 0 Å². The lowest BCUT2D eigenvalue weighted by atomic mass is 10.0. The van der Waals surface area contributed by atoms with E-state index < -0.39 is 11.9 Å². The molecule has 0 spiro atoms. The number of hydrogen-bond donors (Lipinski definition) is 1. The summed E-state index contributed by atoms with van der Waals surface area (Å²) < 4.78 is 0. The zero-order valence-corrected chi connectivity index (χ0v) is 12.0. The van der Waals surface area contributed by atoms with Crippen LogP contribution < -0.4 is 0 Å². The maximum absolute atomic E-state index is 11.2. The Morgan fingerprint density at radius 2 is 2.10 bits per heavy atom. The van der Waals surface area contributed by atoms with Crippen LogP contribution in [0.3, 0.4) is 0 Å². The van der Waals surface area contributed by atoms with E-state index >= 15 is 0 Å². The molecule has 5 heteroatoms. The van der Waals surface area contributed by atoms with Crippen molar-refractivity contribution in [1.29, 1.82) is 0 Å². The molecule has 0 fully saturated rings. The number of allylic oxidation sites excluding steroid dienone is 1. The average Bonchev–Trinajstić information content (AvgIpc) is 2.50. The van der Waals surface area contributed by atoms with Crippen LogP contribution in [0.1, 0.15) is 24.8 Å². The number of hydrogen-bond acceptors (Lipinski definition) is 3. The number of hydroxylamine groups is 2. The highest BCUT2D eigenvalue weighted by Gasteiger charge is 2.20. The molecule has 0 saturated carbocycles. The molecule has 1 aromatic carbocycles. The van der Waals surface area contributed by atoms with E-state index in [9.17, 15) is 14.7 Å². The van der Waals surface area contributed by atoms with Gasteiger partial charge < -0.3 is 5.11 Å². The van der Waals surface area contributed by atoms with E-state index in [4.69, 9.17) is 4.84 Å². The predicted molar refractivity (Wildman–Crippen MR) is 79.2 cm³/mol. The Labute approximate surface area is 124 Å². The van der Waals surface area contributed by atoms with E-state index in [1.807, 2.05) is 30.3 Å². The molecular weight excluding hydrogens is 270 g/mol. The summed E-state index contributed by atoms with van der Waals surface area (Å²) in [6.45, 7) is 3.88. The third-order valence-electron chi connectivity index (χ3n) is 3.07. The second-order valence-corrected chi connectivity index (χ2v) is 4.72. The topological polar surface area (TPSA) is 66.8 Å². The van der Waals surface area contributed by atoms with Crippen LogP contribution in [-0.2, 0) is 21.0 Å². The second-order valence-electron chi connectivity index (χ2n) is 4.72. The summed E-state index contributed by atoms with van der Waals surface area (Å²) >= 11 is 0. The van der Waals surface area contributed by atoms with Gasteiger partial charge in [0, 0.05) is 0 Å². The van der Waals surface area contributed by atoms with Crippen LogP contribution in [-0.4, -0.2) is 29.1 Å². The molecule has 0 aromatic heterocycles. The molecule has 0 aliphatic carbocycles. The van der Waals surface area contributed by atoms with E-state index in [0.29, 0.717) is 12.8 Å². The Hall–Kier alpha value is -2.14. The zero-order chi connectivity index (χ0) is 15.5. The van der Waals surface area contributed by atoms with Crippen LogP contribution in [0.15, 0.2) is 43.0 Å². The molecule has 1 atom stereocenters. The van der Waals surface area contributed by atoms with Gasteiger partial charge in [-0.15, -0.1) is 6.58 Å². The van der Waals surface area contributed by atoms with E-state index in [1.54, 1.807) is 6.08 Å². The number of carboxylic acids is 1. The van der Waals surface area contributed by atoms with Gasteiger partial charge in [0.2, 0.25) is 6.41 Å². The van der Waals surface area contributed by atoms with Gasteiger partial charge in [-0.3, -0.25) is 14.4 Å². The molecule has 114 valence electrons. The minimum Gasteiger partial charge on any atom is -0.481 e. The number of rotatable bonds is 11. The second kappa shape index (κ2) is 9.72. The van der Waals surface area contributed by atoms with Crippen molar-refractivity contribution in [2.75, 3.05) is 6.54 Å². The summed E-state index contributed by atoms with van der Waals surface area (Å²) in [6, 6.07) is 9.39. The van der Waals surface area contributed by atoms with Crippen molar-refractivity contribution in [3.05, 3.63) is 48.6 Å². The minimum absolute atomic E-state index is 0.0445. The van der Waals surface area contributed by atoms with Crippen LogP contribution in [0.25, 0.3) is 0 Å². The first kappa shape index (κ1) is 16.9. The Kier molecular flexibility index (Phi) is 7.82. The fraction of sp³-hybridized carbons (Fsp3) is 0.375. The van der Waals surface area contributed by atoms with Crippen molar-refractivity contribution in [3.63, 3.8) is 0 Å². The van der Waals surface area contributed by atoms with Crippen LogP contribution >= 0.6 is 0 Å². The summed E-state index contributed by atoms with van der Waals surface area (Å²) in [5.41, 5.74) is 0.919. The average molecular weight is 291 g/mol. The Bertz CT molecular complexity index is 447.